The van der Waals surface area contributed by atoms with E-state index >= 15 is 0 Å². The van der Waals surface area contributed by atoms with Crippen molar-refractivity contribution in [3.8, 4) is 0 Å². The number of hydroxylamine groups is 2. The van der Waals surface area contributed by atoms with E-state index < -0.39 is 6.16 Å². The average Bonchev–Trinajstić information content (AvgIpc) is 2.44. The molecule has 0 bridgehead atoms. The number of guanidine groups is 1. The summed E-state index contributed by atoms with van der Waals surface area (Å²) in [5.41, 5.74) is 5.54. The van der Waals surface area contributed by atoms with Crippen molar-refractivity contribution in [3.05, 3.63) is 0 Å². The second-order valence-electron chi connectivity index (χ2n) is 5.17. The number of nitrogens with two attached hydrogens (primary N) is 1. The quantitative estimate of drug-likeness (QED) is 0.464. The minimum atomic E-state index is -0.828. The number of hydrogen-bond donors (Lipinski definition) is 1. The molecule has 0 amide bonds. The molecule has 1 heterocycles. The SMILES string of the molecule is CCCCCCCCCCCCN1OC(=O)ON=C1N. The van der Waals surface area contributed by atoms with Crippen LogP contribution in [-0.4, -0.2) is 23.7 Å². The van der Waals surface area contributed by atoms with Crippen molar-refractivity contribution in [2.75, 3.05) is 6.54 Å². The zero-order valence-corrected chi connectivity index (χ0v) is 12.5. The minimum absolute atomic E-state index is 0.0977. The fourth-order valence-corrected chi connectivity index (χ4v) is 2.19. The Labute approximate surface area is 121 Å². The molecule has 2 N–H and O–H groups in total. The van der Waals surface area contributed by atoms with Gasteiger partial charge in [-0.05, 0) is 11.6 Å². The first-order valence-corrected chi connectivity index (χ1v) is 7.74. The molecular weight excluding hydrogens is 258 g/mol. The summed E-state index contributed by atoms with van der Waals surface area (Å²) in [7, 11) is 0. The lowest BCUT2D eigenvalue weighted by Crippen LogP contribution is -2.42. The number of nitrogens with zero attached hydrogens (tertiary/aromatic N) is 2. The molecule has 1 aliphatic heterocycles. The molecule has 0 unspecified atom stereocenters. The number of unbranched alkanes of at least 4 members (excludes halogenated alkanes) is 9. The molecule has 6 heteroatoms. The lowest BCUT2D eigenvalue weighted by Gasteiger charge is -2.22. The second kappa shape index (κ2) is 10.3. The molecule has 0 aromatic carbocycles. The number of rotatable bonds is 11. The van der Waals surface area contributed by atoms with Gasteiger partial charge in [-0.1, -0.05) is 64.7 Å². The Morgan fingerprint density at radius 2 is 1.55 bits per heavy atom. The van der Waals surface area contributed by atoms with Crippen molar-refractivity contribution < 1.29 is 14.5 Å². The van der Waals surface area contributed by atoms with E-state index in [2.05, 4.69) is 16.9 Å². The third-order valence-corrected chi connectivity index (χ3v) is 3.37. The first kappa shape index (κ1) is 16.6. The molecule has 0 saturated carbocycles. The summed E-state index contributed by atoms with van der Waals surface area (Å²) >= 11 is 0. The van der Waals surface area contributed by atoms with Gasteiger partial charge >= 0.3 is 6.16 Å². The summed E-state index contributed by atoms with van der Waals surface area (Å²) in [6, 6.07) is 0. The van der Waals surface area contributed by atoms with Crippen molar-refractivity contribution >= 4 is 12.1 Å². The van der Waals surface area contributed by atoms with Crippen LogP contribution in [0.15, 0.2) is 5.16 Å². The largest absolute Gasteiger partial charge is 0.560 e. The Bertz CT molecular complexity index is 308. The van der Waals surface area contributed by atoms with Gasteiger partial charge in [-0.15, -0.1) is 0 Å². The van der Waals surface area contributed by atoms with Crippen molar-refractivity contribution in [2.24, 2.45) is 10.9 Å². The molecule has 116 valence electrons. The Morgan fingerprint density at radius 1 is 1.00 bits per heavy atom. The van der Waals surface area contributed by atoms with Crippen LogP contribution in [-0.2, 0) is 9.68 Å². The molecule has 0 aliphatic carbocycles. The molecule has 0 radical (unpaired) electrons. The third kappa shape index (κ3) is 7.21. The molecular formula is C14H27N3O3. The van der Waals surface area contributed by atoms with E-state index in [0.29, 0.717) is 6.54 Å². The summed E-state index contributed by atoms with van der Waals surface area (Å²) in [6.07, 6.45) is 11.8. The van der Waals surface area contributed by atoms with Crippen LogP contribution in [0.1, 0.15) is 71.1 Å². The monoisotopic (exact) mass is 285 g/mol. The van der Waals surface area contributed by atoms with Crippen molar-refractivity contribution in [3.63, 3.8) is 0 Å². The lowest BCUT2D eigenvalue weighted by atomic mass is 10.1. The second-order valence-corrected chi connectivity index (χ2v) is 5.17. The molecule has 0 aromatic heterocycles. The smallest absolute Gasteiger partial charge is 0.365 e. The topological polar surface area (TPSA) is 77.1 Å². The molecule has 0 atom stereocenters. The van der Waals surface area contributed by atoms with E-state index in [4.69, 9.17) is 10.6 Å². The first-order chi connectivity index (χ1) is 9.74. The zero-order valence-electron chi connectivity index (χ0n) is 12.5. The predicted molar refractivity (Wildman–Crippen MR) is 77.7 cm³/mol. The van der Waals surface area contributed by atoms with Crippen LogP contribution in [0.4, 0.5) is 4.79 Å². The van der Waals surface area contributed by atoms with Gasteiger partial charge in [0.25, 0.3) is 5.96 Å². The van der Waals surface area contributed by atoms with Gasteiger partial charge in [0, 0.05) is 0 Å². The van der Waals surface area contributed by atoms with Gasteiger partial charge in [-0.3, -0.25) is 4.84 Å². The van der Waals surface area contributed by atoms with E-state index in [1.807, 2.05) is 0 Å². The van der Waals surface area contributed by atoms with Gasteiger partial charge in [-0.2, -0.15) is 9.86 Å². The molecule has 0 spiro atoms. The molecule has 6 nitrogen and oxygen atoms in total. The maximum atomic E-state index is 10.9. The standard InChI is InChI=1S/C14H27N3O3/c1-2-3-4-5-6-7-8-9-10-11-12-17-13(15)16-19-14(18)20-17/h2-12H2,1H3,(H2,15,16). The first-order valence-electron chi connectivity index (χ1n) is 7.74. The number of hydrogen-bond acceptors (Lipinski definition) is 6. The number of oxime groups is 1. The van der Waals surface area contributed by atoms with Gasteiger partial charge in [0.1, 0.15) is 0 Å². The van der Waals surface area contributed by atoms with Gasteiger partial charge in [-0.25, -0.2) is 0 Å². The van der Waals surface area contributed by atoms with Crippen molar-refractivity contribution in [1.82, 2.24) is 5.06 Å². The molecule has 0 aromatic rings. The highest BCUT2D eigenvalue weighted by Gasteiger charge is 2.21. The van der Waals surface area contributed by atoms with Crippen LogP contribution in [0.25, 0.3) is 0 Å². The highest BCUT2D eigenvalue weighted by molar-refractivity contribution is 5.80. The summed E-state index contributed by atoms with van der Waals surface area (Å²) in [5, 5.41) is 4.69. The van der Waals surface area contributed by atoms with E-state index in [1.165, 1.54) is 56.4 Å². The summed E-state index contributed by atoms with van der Waals surface area (Å²) in [6.45, 7) is 2.81. The van der Waals surface area contributed by atoms with Gasteiger partial charge < -0.3 is 10.6 Å². The Kier molecular flexibility index (Phi) is 8.58. The molecule has 0 saturated heterocycles. The number of carbonyl (C=O) groups excluding carboxylic acids is 1. The van der Waals surface area contributed by atoms with Crippen LogP contribution < -0.4 is 5.73 Å². The van der Waals surface area contributed by atoms with Gasteiger partial charge in [0.05, 0.1) is 6.54 Å². The number of carbonyl (C=O) groups is 1. The van der Waals surface area contributed by atoms with Crippen LogP contribution in [0, 0.1) is 0 Å². The highest BCUT2D eigenvalue weighted by atomic mass is 16.9. The van der Waals surface area contributed by atoms with E-state index in [9.17, 15) is 4.79 Å². The van der Waals surface area contributed by atoms with E-state index in [0.717, 1.165) is 12.8 Å². The highest BCUT2D eigenvalue weighted by Crippen LogP contribution is 2.11. The van der Waals surface area contributed by atoms with Crippen molar-refractivity contribution in [1.29, 1.82) is 0 Å². The Hall–Kier alpha value is -1.46. The van der Waals surface area contributed by atoms with E-state index in [-0.39, 0.29) is 5.96 Å². The van der Waals surface area contributed by atoms with Crippen LogP contribution in [0.5, 0.6) is 0 Å². The average molecular weight is 285 g/mol. The summed E-state index contributed by atoms with van der Waals surface area (Å²) < 4.78 is 0. The Morgan fingerprint density at radius 3 is 2.15 bits per heavy atom. The molecule has 1 aliphatic rings. The van der Waals surface area contributed by atoms with Crippen molar-refractivity contribution in [2.45, 2.75) is 71.1 Å². The summed E-state index contributed by atoms with van der Waals surface area (Å²) in [5.74, 6) is 0.0977. The molecule has 1 rings (SSSR count). The maximum absolute atomic E-state index is 10.9. The van der Waals surface area contributed by atoms with Gasteiger partial charge in [0.15, 0.2) is 0 Å². The maximum Gasteiger partial charge on any atom is 0.560 e. The van der Waals surface area contributed by atoms with Crippen LogP contribution >= 0.6 is 0 Å². The summed E-state index contributed by atoms with van der Waals surface area (Å²) in [4.78, 5) is 19.9. The van der Waals surface area contributed by atoms with Gasteiger partial charge in [0.2, 0.25) is 0 Å². The normalized spacial score (nSPS) is 14.8. The molecule has 0 fully saturated rings. The van der Waals surface area contributed by atoms with Crippen LogP contribution in [0.2, 0.25) is 0 Å². The fraction of sp³-hybridized carbons (Fsp3) is 0.857. The minimum Gasteiger partial charge on any atom is -0.365 e. The zero-order chi connectivity index (χ0) is 14.6. The third-order valence-electron chi connectivity index (χ3n) is 3.37. The van der Waals surface area contributed by atoms with Crippen LogP contribution in [0.3, 0.4) is 0 Å². The lowest BCUT2D eigenvalue weighted by molar-refractivity contribution is -0.0969. The molecule has 20 heavy (non-hydrogen) atoms. The van der Waals surface area contributed by atoms with E-state index in [1.54, 1.807) is 0 Å². The predicted octanol–water partition coefficient (Wildman–Crippen LogP) is 3.52. The fourth-order valence-electron chi connectivity index (χ4n) is 2.19. The Balaban J connectivity index is 1.91.